The van der Waals surface area contributed by atoms with Crippen LogP contribution in [-0.4, -0.2) is 0 Å². The molecule has 0 saturated heterocycles. The van der Waals surface area contributed by atoms with E-state index < -0.39 is 0 Å². The molecule has 0 unspecified atom stereocenters. The van der Waals surface area contributed by atoms with Gasteiger partial charge in [0.2, 0.25) is 0 Å². The summed E-state index contributed by atoms with van der Waals surface area (Å²) in [6.45, 7) is 23.8. The maximum atomic E-state index is 3.25. The van der Waals surface area contributed by atoms with Crippen LogP contribution in [0, 0.1) is 25.7 Å². The van der Waals surface area contributed by atoms with Gasteiger partial charge in [-0.05, 0) is 22.6 Å². The Morgan fingerprint density at radius 2 is 0.600 bits per heavy atom. The van der Waals surface area contributed by atoms with E-state index in [0.717, 1.165) is 11.8 Å². The van der Waals surface area contributed by atoms with Crippen LogP contribution in [0.25, 0.3) is 10.8 Å². The van der Waals surface area contributed by atoms with E-state index in [1.165, 1.54) is 87.8 Å². The van der Waals surface area contributed by atoms with Gasteiger partial charge in [-0.25, -0.2) is 0 Å². The van der Waals surface area contributed by atoms with Gasteiger partial charge in [0.15, 0.2) is 0 Å². The Morgan fingerprint density at radius 1 is 0.400 bits per heavy atom. The van der Waals surface area contributed by atoms with Crippen molar-refractivity contribution < 1.29 is 0 Å². The molecule has 0 aliphatic heterocycles. The van der Waals surface area contributed by atoms with Gasteiger partial charge in [-0.3, -0.25) is 0 Å². The molecule has 0 fully saturated rings. The lowest BCUT2D eigenvalue weighted by atomic mass is 9.98. The quantitative estimate of drug-likeness (QED) is 0.197. The van der Waals surface area contributed by atoms with Crippen molar-refractivity contribution in [2.45, 2.75) is 132 Å². The summed E-state index contributed by atoms with van der Waals surface area (Å²) in [6, 6.07) is 28.7. The van der Waals surface area contributed by atoms with Crippen molar-refractivity contribution in [1.82, 2.24) is 0 Å². The highest BCUT2D eigenvalue weighted by molar-refractivity contribution is 5.82. The molecule has 0 heterocycles. The van der Waals surface area contributed by atoms with Crippen molar-refractivity contribution in [1.29, 1.82) is 0 Å². The molecule has 0 amide bonds. The molecule has 3 aromatic rings. The third kappa shape index (κ3) is 30.2. The van der Waals surface area contributed by atoms with Crippen molar-refractivity contribution in [2.24, 2.45) is 11.8 Å². The van der Waals surface area contributed by atoms with Crippen LogP contribution in [0.1, 0.15) is 132 Å². The van der Waals surface area contributed by atoms with E-state index in [4.69, 9.17) is 0 Å². The fraction of sp³-hybridized carbons (Fsp3) is 0.550. The number of fused-ring (bicyclic) bond motifs is 1. The van der Waals surface area contributed by atoms with Crippen LogP contribution >= 0.6 is 0 Å². The van der Waals surface area contributed by atoms with Crippen LogP contribution in [0.5, 0.6) is 0 Å². The van der Waals surface area contributed by atoms with E-state index in [2.05, 4.69) is 104 Å². The average Bonchev–Trinajstić information content (AvgIpc) is 3.04. The van der Waals surface area contributed by atoms with Gasteiger partial charge in [0.25, 0.3) is 0 Å². The van der Waals surface area contributed by atoms with Crippen LogP contribution in [0.2, 0.25) is 0 Å². The van der Waals surface area contributed by atoms with E-state index in [0.29, 0.717) is 0 Å². The summed E-state index contributed by atoms with van der Waals surface area (Å²) in [5.41, 5.74) is 0. The molecule has 0 heteroatoms. The number of rotatable bonds is 12. The normalized spacial score (nSPS) is 9.35. The monoisotopic (exact) mass is 549 g/mol. The molecular weight excluding hydrogens is 480 g/mol. The second-order valence-electron chi connectivity index (χ2n) is 10.3. The molecule has 0 N–H and O–H groups in total. The highest BCUT2D eigenvalue weighted by atomic mass is 14.1. The van der Waals surface area contributed by atoms with Gasteiger partial charge in [-0.1, -0.05) is 204 Å². The maximum absolute atomic E-state index is 3.25. The topological polar surface area (TPSA) is 0 Å². The fourth-order valence-corrected chi connectivity index (χ4v) is 4.02. The predicted octanol–water partition coefficient (Wildman–Crippen LogP) is 14.2. The summed E-state index contributed by atoms with van der Waals surface area (Å²) in [7, 11) is 0. The standard InChI is InChI=1S/C10H8.2C10H22.C6H6.2C2H5/c1-2-6-10-8-4-3-7-9(10)5-1;2*1-4-6-8-10(3)9-7-5-2;1-2-4-6-5-3-1;2*1-2/h1-8H;2*10H,4-9H2,1-3H3;1-6H;2*1H2,2H3/q;;;;2*+1. The summed E-state index contributed by atoms with van der Waals surface area (Å²) in [5, 5.41) is 2.62. The number of unbranched alkanes of at least 4 members (excludes halogenated alkanes) is 4. The molecule has 0 saturated carbocycles. The largest absolute Gasteiger partial charge is 0.0746 e. The van der Waals surface area contributed by atoms with E-state index in [1.807, 2.05) is 36.4 Å². The molecule has 3 rings (SSSR count). The highest BCUT2D eigenvalue weighted by Crippen LogP contribution is 2.15. The van der Waals surface area contributed by atoms with E-state index in [-0.39, 0.29) is 0 Å². The maximum Gasteiger partial charge on any atom is 0.0746 e. The zero-order valence-electron chi connectivity index (χ0n) is 28.1. The van der Waals surface area contributed by atoms with Gasteiger partial charge in [-0.15, -0.1) is 0 Å². The smallest absolute Gasteiger partial charge is 0.0654 e. The third-order valence-electron chi connectivity index (χ3n) is 6.53. The van der Waals surface area contributed by atoms with E-state index in [9.17, 15) is 0 Å². The SMILES string of the molecule is CCCCC(C)CCCC.CCCCC(C)CCCC.[CH2+]C.[CH2+]C.c1ccc2ccccc2c1.c1ccccc1. The predicted molar refractivity (Wildman–Crippen MR) is 189 cm³/mol. The number of benzene rings is 3. The molecule has 0 bridgehead atoms. The lowest BCUT2D eigenvalue weighted by molar-refractivity contribution is 0.454. The molecular formula is C40H68+2. The number of hydrogen-bond acceptors (Lipinski definition) is 0. The fourth-order valence-electron chi connectivity index (χ4n) is 4.02. The van der Waals surface area contributed by atoms with Crippen LogP contribution in [0.3, 0.4) is 0 Å². The first-order valence-corrected chi connectivity index (χ1v) is 16.4. The first-order chi connectivity index (χ1) is 19.6. The van der Waals surface area contributed by atoms with Gasteiger partial charge in [0.1, 0.15) is 0 Å². The first kappa shape index (κ1) is 42.1. The van der Waals surface area contributed by atoms with Gasteiger partial charge in [0.05, 0.1) is 27.7 Å². The molecule has 0 aliphatic rings. The van der Waals surface area contributed by atoms with Gasteiger partial charge in [-0.2, -0.15) is 0 Å². The Bertz CT molecular complexity index is 665. The zero-order valence-corrected chi connectivity index (χ0v) is 28.1. The van der Waals surface area contributed by atoms with Crippen LogP contribution < -0.4 is 0 Å². The Hall–Kier alpha value is -2.34. The van der Waals surface area contributed by atoms with Crippen LogP contribution in [0.4, 0.5) is 0 Å². The molecule has 0 atom stereocenters. The second kappa shape index (κ2) is 36.7. The lowest BCUT2D eigenvalue weighted by Gasteiger charge is -2.08. The second-order valence-corrected chi connectivity index (χ2v) is 10.3. The van der Waals surface area contributed by atoms with Crippen molar-refractivity contribution in [2.75, 3.05) is 0 Å². The van der Waals surface area contributed by atoms with Crippen molar-refractivity contribution in [3.63, 3.8) is 0 Å². The molecule has 0 aliphatic carbocycles. The Kier molecular flexibility index (Phi) is 38.6. The summed E-state index contributed by atoms with van der Waals surface area (Å²) in [5.74, 6) is 1.94. The first-order valence-electron chi connectivity index (χ1n) is 16.4. The van der Waals surface area contributed by atoms with Crippen LogP contribution in [-0.2, 0) is 0 Å². The molecule has 40 heavy (non-hydrogen) atoms. The van der Waals surface area contributed by atoms with E-state index >= 15 is 0 Å². The highest BCUT2D eigenvalue weighted by Gasteiger charge is 1.99. The van der Waals surface area contributed by atoms with Crippen molar-refractivity contribution >= 4 is 10.8 Å². The van der Waals surface area contributed by atoms with Crippen molar-refractivity contribution in [3.05, 3.63) is 98.8 Å². The Labute approximate surface area is 253 Å². The average molecular weight is 549 g/mol. The molecule has 0 radical (unpaired) electrons. The Morgan fingerprint density at radius 3 is 0.775 bits per heavy atom. The van der Waals surface area contributed by atoms with Gasteiger partial charge >= 0.3 is 0 Å². The summed E-state index contributed by atoms with van der Waals surface area (Å²) in [4.78, 5) is 0. The van der Waals surface area contributed by atoms with Gasteiger partial charge < -0.3 is 0 Å². The molecule has 226 valence electrons. The van der Waals surface area contributed by atoms with Gasteiger partial charge in [0, 0.05) is 0 Å². The summed E-state index contributed by atoms with van der Waals surface area (Å²) >= 11 is 0. The minimum atomic E-state index is 0.972. The lowest BCUT2D eigenvalue weighted by Crippen LogP contribution is -1.93. The van der Waals surface area contributed by atoms with Crippen molar-refractivity contribution in [3.8, 4) is 0 Å². The Balaban J connectivity index is -0.000000442. The molecule has 0 aromatic heterocycles. The number of hydrogen-bond donors (Lipinski definition) is 0. The molecule has 0 spiro atoms. The summed E-state index contributed by atoms with van der Waals surface area (Å²) in [6.07, 6.45) is 16.9. The molecule has 3 aromatic carbocycles. The molecule has 0 nitrogen and oxygen atoms in total. The zero-order chi connectivity index (χ0) is 30.7. The summed E-state index contributed by atoms with van der Waals surface area (Å²) < 4.78 is 0. The minimum absolute atomic E-state index is 0.972. The van der Waals surface area contributed by atoms with E-state index in [1.54, 1.807) is 13.8 Å². The van der Waals surface area contributed by atoms with Crippen LogP contribution in [0.15, 0.2) is 84.9 Å². The third-order valence-corrected chi connectivity index (χ3v) is 6.53. The minimum Gasteiger partial charge on any atom is -0.0654 e.